The largest absolute Gasteiger partial charge is 0.391 e. The Morgan fingerprint density at radius 3 is 2.37 bits per heavy atom. The van der Waals surface area contributed by atoms with E-state index in [0.717, 1.165) is 0 Å². The molecule has 1 saturated heterocycles. The quantitative estimate of drug-likeness (QED) is 0.221. The Balaban J connectivity index is 3.22. The molecule has 19 heavy (non-hydrogen) atoms. The fraction of sp³-hybridized carbons (Fsp3) is 0.625. The van der Waals surface area contributed by atoms with Crippen molar-refractivity contribution in [2.75, 3.05) is 26.8 Å². The molecule has 6 N–H and O–H groups in total. The minimum atomic E-state index is -2.28. The highest BCUT2D eigenvalue weighted by Gasteiger charge is 2.58. The summed E-state index contributed by atoms with van der Waals surface area (Å²) in [6.07, 6.45) is 0. The lowest BCUT2D eigenvalue weighted by Gasteiger charge is -2.40. The first-order chi connectivity index (χ1) is 8.99. The zero-order chi connectivity index (χ0) is 14.6. The molecule has 1 heterocycles. The van der Waals surface area contributed by atoms with Gasteiger partial charge in [-0.1, -0.05) is 0 Å². The Morgan fingerprint density at radius 2 is 1.95 bits per heavy atom. The van der Waals surface area contributed by atoms with Gasteiger partial charge in [-0.15, -0.1) is 0 Å². The summed E-state index contributed by atoms with van der Waals surface area (Å²) in [6, 6.07) is -2.14. The molecule has 0 saturated carbocycles. The summed E-state index contributed by atoms with van der Waals surface area (Å²) in [6.45, 7) is -3.85. The number of aliphatic hydroxyl groups excluding tert-OH is 4. The fourth-order valence-corrected chi connectivity index (χ4v) is 1.76. The van der Waals surface area contributed by atoms with E-state index in [4.69, 9.17) is 15.3 Å². The van der Waals surface area contributed by atoms with Crippen LogP contribution in [-0.2, 0) is 4.79 Å². The number of hydrogen-bond acceptors (Lipinski definition) is 7. The maximum Gasteiger partial charge on any atom is 0.328 e. The third-order valence-corrected chi connectivity index (χ3v) is 2.70. The average Bonchev–Trinajstić information content (AvgIpc) is 2.62. The van der Waals surface area contributed by atoms with Crippen LogP contribution in [0.3, 0.4) is 0 Å². The van der Waals surface area contributed by atoms with Gasteiger partial charge in [0.25, 0.3) is 5.91 Å². The molecule has 0 aromatic carbocycles. The van der Waals surface area contributed by atoms with Crippen LogP contribution < -0.4 is 10.6 Å². The van der Waals surface area contributed by atoms with E-state index in [2.05, 4.69) is 0 Å². The summed E-state index contributed by atoms with van der Waals surface area (Å²) in [5.74, 6) is -1.09. The molecule has 0 radical (unpaired) electrons. The third-order valence-electron chi connectivity index (χ3n) is 2.70. The lowest BCUT2D eigenvalue weighted by molar-refractivity contribution is -0.147. The summed E-state index contributed by atoms with van der Waals surface area (Å²) in [5, 5.41) is 39.9. The second kappa shape index (κ2) is 5.79. The molecule has 1 atom stereocenters. The third kappa shape index (κ3) is 2.19. The van der Waals surface area contributed by atoms with E-state index in [9.17, 15) is 19.5 Å². The molecule has 0 bridgehead atoms. The molecule has 1 unspecified atom stereocenters. The Morgan fingerprint density at radius 1 is 1.32 bits per heavy atom. The van der Waals surface area contributed by atoms with Crippen molar-refractivity contribution < 1.29 is 34.8 Å². The lowest BCUT2D eigenvalue weighted by Crippen LogP contribution is -2.68. The van der Waals surface area contributed by atoms with Gasteiger partial charge in [-0.2, -0.15) is 0 Å². The summed E-state index contributed by atoms with van der Waals surface area (Å²) < 4.78 is 0. The smallest absolute Gasteiger partial charge is 0.328 e. The van der Waals surface area contributed by atoms with Gasteiger partial charge >= 0.3 is 12.1 Å². The van der Waals surface area contributed by atoms with Gasteiger partial charge < -0.3 is 25.7 Å². The Bertz CT molecular complexity index is 389. The van der Waals surface area contributed by atoms with E-state index < -0.39 is 50.4 Å². The molecule has 1 aliphatic heterocycles. The molecule has 0 aromatic heterocycles. The number of imide groups is 1. The zero-order valence-corrected chi connectivity index (χ0v) is 9.74. The van der Waals surface area contributed by atoms with Gasteiger partial charge in [-0.05, 0) is 0 Å². The number of rotatable bonds is 5. The second-order valence-corrected chi connectivity index (χ2v) is 3.51. The second-order valence-electron chi connectivity index (χ2n) is 3.51. The molecule has 0 spiro atoms. The zero-order valence-electron chi connectivity index (χ0n) is 9.74. The van der Waals surface area contributed by atoms with Crippen LogP contribution in [0, 0.1) is 0 Å². The Labute approximate surface area is 107 Å². The number of nitrogens with zero attached hydrogens (tertiary/aromatic N) is 2. The molecule has 108 valence electrons. The van der Waals surface area contributed by atoms with Crippen molar-refractivity contribution in [3.05, 3.63) is 0 Å². The first kappa shape index (κ1) is 15.1. The SMILES string of the molecule is O=C(NCO)N(CO)C1(CO)C(=O)NC(=O)N1CO. The Kier molecular flexibility index (Phi) is 4.61. The molecule has 11 nitrogen and oxygen atoms in total. The molecule has 1 rings (SSSR count). The van der Waals surface area contributed by atoms with Crippen LogP contribution in [0.2, 0.25) is 0 Å². The molecular weight excluding hydrogens is 264 g/mol. The Hall–Kier alpha value is -1.95. The van der Waals surface area contributed by atoms with Gasteiger partial charge in [0.1, 0.15) is 20.2 Å². The van der Waals surface area contributed by atoms with E-state index in [0.29, 0.717) is 9.80 Å². The fourth-order valence-electron chi connectivity index (χ4n) is 1.76. The summed E-state index contributed by atoms with van der Waals surface area (Å²) in [7, 11) is 0. The normalized spacial score (nSPS) is 22.4. The first-order valence-corrected chi connectivity index (χ1v) is 5.11. The van der Waals surface area contributed by atoms with Crippen molar-refractivity contribution in [2.45, 2.75) is 5.66 Å². The standard InChI is InChI=1S/C8H14N4O7/c13-1-8(11(3-15)6(18)9-2-14)5(17)10-7(19)12(8)4-16/h13-16H,1-4H2,(H,9,18)(H,10,17,19). The van der Waals surface area contributed by atoms with E-state index in [1.807, 2.05) is 5.32 Å². The average molecular weight is 278 g/mol. The predicted octanol–water partition coefficient (Wildman–Crippen LogP) is -3.91. The highest BCUT2D eigenvalue weighted by Crippen LogP contribution is 2.25. The highest BCUT2D eigenvalue weighted by molar-refractivity contribution is 6.08. The van der Waals surface area contributed by atoms with E-state index >= 15 is 0 Å². The number of hydrogen-bond donors (Lipinski definition) is 6. The van der Waals surface area contributed by atoms with Crippen molar-refractivity contribution >= 4 is 18.0 Å². The van der Waals surface area contributed by atoms with E-state index in [1.165, 1.54) is 0 Å². The molecule has 1 aliphatic rings. The molecule has 1 fully saturated rings. The number of aliphatic hydroxyl groups is 4. The topological polar surface area (TPSA) is 163 Å². The van der Waals surface area contributed by atoms with E-state index in [1.54, 1.807) is 5.32 Å². The lowest BCUT2D eigenvalue weighted by atomic mass is 10.1. The number of carbonyl (C=O) groups is 3. The molecular formula is C8H14N4O7. The maximum absolute atomic E-state index is 11.8. The summed E-state index contributed by atoms with van der Waals surface area (Å²) in [4.78, 5) is 35.7. The van der Waals surface area contributed by atoms with Gasteiger partial charge in [0.05, 0.1) is 6.61 Å². The van der Waals surface area contributed by atoms with Gasteiger partial charge in [-0.25, -0.2) is 9.59 Å². The van der Waals surface area contributed by atoms with Crippen LogP contribution in [0.1, 0.15) is 0 Å². The van der Waals surface area contributed by atoms with Gasteiger partial charge in [0.15, 0.2) is 0 Å². The number of urea groups is 2. The monoisotopic (exact) mass is 278 g/mol. The predicted molar refractivity (Wildman–Crippen MR) is 56.8 cm³/mol. The number of amides is 5. The van der Waals surface area contributed by atoms with Crippen LogP contribution in [0.4, 0.5) is 9.59 Å². The summed E-state index contributed by atoms with van der Waals surface area (Å²) >= 11 is 0. The molecule has 11 heteroatoms. The summed E-state index contributed by atoms with van der Waals surface area (Å²) in [5.41, 5.74) is -2.28. The van der Waals surface area contributed by atoms with Crippen molar-refractivity contribution in [3.8, 4) is 0 Å². The molecule has 0 aliphatic carbocycles. The van der Waals surface area contributed by atoms with Crippen molar-refractivity contribution in [1.29, 1.82) is 0 Å². The van der Waals surface area contributed by atoms with Crippen LogP contribution in [0.25, 0.3) is 0 Å². The maximum atomic E-state index is 11.8. The number of nitrogens with one attached hydrogen (secondary N) is 2. The minimum Gasteiger partial charge on any atom is -0.391 e. The van der Waals surface area contributed by atoms with Gasteiger partial charge in [0.2, 0.25) is 5.66 Å². The van der Waals surface area contributed by atoms with Crippen molar-refractivity contribution in [2.24, 2.45) is 0 Å². The van der Waals surface area contributed by atoms with Gasteiger partial charge in [-0.3, -0.25) is 19.9 Å². The van der Waals surface area contributed by atoms with Crippen molar-refractivity contribution in [1.82, 2.24) is 20.4 Å². The minimum absolute atomic E-state index is 0.402. The highest BCUT2D eigenvalue weighted by atomic mass is 16.3. The molecule has 5 amide bonds. The first-order valence-electron chi connectivity index (χ1n) is 5.11. The number of carbonyl (C=O) groups excluding carboxylic acids is 3. The van der Waals surface area contributed by atoms with Crippen LogP contribution in [0.5, 0.6) is 0 Å². The van der Waals surface area contributed by atoms with Crippen LogP contribution in [0.15, 0.2) is 0 Å². The molecule has 0 aromatic rings. The van der Waals surface area contributed by atoms with Crippen LogP contribution >= 0.6 is 0 Å². The van der Waals surface area contributed by atoms with Crippen molar-refractivity contribution in [3.63, 3.8) is 0 Å². The van der Waals surface area contributed by atoms with E-state index in [-0.39, 0.29) is 0 Å². The van der Waals surface area contributed by atoms with Crippen LogP contribution in [-0.4, -0.2) is 80.7 Å². The van der Waals surface area contributed by atoms with Gasteiger partial charge in [0, 0.05) is 0 Å².